The van der Waals surface area contributed by atoms with E-state index in [4.69, 9.17) is 28.9 Å². The summed E-state index contributed by atoms with van der Waals surface area (Å²) in [6.07, 6.45) is 0. The molecule has 2 rings (SSSR count). The predicted molar refractivity (Wildman–Crippen MR) is 86.2 cm³/mol. The first-order chi connectivity index (χ1) is 8.49. The molecule has 0 aliphatic carbocycles. The molecule has 0 saturated carbocycles. The summed E-state index contributed by atoms with van der Waals surface area (Å²) >= 11 is 16.2. The largest absolute Gasteiger partial charge is 0.323 e. The molecule has 1 nitrogen and oxygen atoms in total. The monoisotopic (exact) mass is 321 g/mol. The SMILES string of the molecule is CC1SCC(C(N)c2cc(Cl)ccc2Cl)SC1C. The predicted octanol–water partition coefficient (Wildman–Crippen LogP) is 4.62. The lowest BCUT2D eigenvalue weighted by Crippen LogP contribution is -2.34. The lowest BCUT2D eigenvalue weighted by Gasteiger charge is -2.34. The maximum absolute atomic E-state index is 6.37. The van der Waals surface area contributed by atoms with E-state index in [0.29, 0.717) is 25.8 Å². The number of hydrogen-bond donors (Lipinski definition) is 1. The summed E-state index contributed by atoms with van der Waals surface area (Å²) in [5, 5.41) is 3.12. The normalized spacial score (nSPS) is 30.2. The van der Waals surface area contributed by atoms with E-state index in [2.05, 4.69) is 13.8 Å². The molecule has 0 amide bonds. The highest BCUT2D eigenvalue weighted by Crippen LogP contribution is 2.41. The molecule has 2 N–H and O–H groups in total. The zero-order chi connectivity index (χ0) is 13.3. The second kappa shape index (κ2) is 6.27. The van der Waals surface area contributed by atoms with Crippen LogP contribution in [0.5, 0.6) is 0 Å². The molecule has 18 heavy (non-hydrogen) atoms. The zero-order valence-corrected chi connectivity index (χ0v) is 13.5. The van der Waals surface area contributed by atoms with Crippen molar-refractivity contribution < 1.29 is 0 Å². The summed E-state index contributed by atoms with van der Waals surface area (Å²) < 4.78 is 0. The first-order valence-electron chi connectivity index (χ1n) is 5.96. The second-order valence-corrected chi connectivity index (χ2v) is 8.48. The maximum atomic E-state index is 6.37. The molecule has 4 atom stereocenters. The first-order valence-corrected chi connectivity index (χ1v) is 8.71. The van der Waals surface area contributed by atoms with Crippen molar-refractivity contribution in [3.05, 3.63) is 33.8 Å². The minimum atomic E-state index is -0.0522. The fourth-order valence-corrected chi connectivity index (χ4v) is 5.43. The number of thioether (sulfide) groups is 2. The quantitative estimate of drug-likeness (QED) is 0.860. The van der Waals surface area contributed by atoms with E-state index in [1.807, 2.05) is 35.7 Å². The summed E-state index contributed by atoms with van der Waals surface area (Å²) in [7, 11) is 0. The molecule has 1 aliphatic heterocycles. The third-order valence-electron chi connectivity index (χ3n) is 3.29. The van der Waals surface area contributed by atoms with E-state index in [1.54, 1.807) is 6.07 Å². The van der Waals surface area contributed by atoms with E-state index in [-0.39, 0.29) is 6.04 Å². The van der Waals surface area contributed by atoms with Crippen molar-refractivity contribution in [3.63, 3.8) is 0 Å². The van der Waals surface area contributed by atoms with Crippen LogP contribution < -0.4 is 5.73 Å². The van der Waals surface area contributed by atoms with Gasteiger partial charge >= 0.3 is 0 Å². The van der Waals surface area contributed by atoms with Crippen LogP contribution in [0.3, 0.4) is 0 Å². The summed E-state index contributed by atoms with van der Waals surface area (Å²) in [6, 6.07) is 5.46. The molecule has 0 bridgehead atoms. The molecule has 4 unspecified atom stereocenters. The Bertz CT molecular complexity index is 427. The molecule has 1 heterocycles. The highest BCUT2D eigenvalue weighted by Gasteiger charge is 2.31. The van der Waals surface area contributed by atoms with Gasteiger partial charge in [-0.05, 0) is 23.8 Å². The van der Waals surface area contributed by atoms with Crippen LogP contribution in [0.4, 0.5) is 0 Å². The van der Waals surface area contributed by atoms with Crippen LogP contribution in [0.25, 0.3) is 0 Å². The van der Waals surface area contributed by atoms with Gasteiger partial charge in [-0.3, -0.25) is 0 Å². The van der Waals surface area contributed by atoms with E-state index in [9.17, 15) is 0 Å². The average Bonchev–Trinajstić information content (AvgIpc) is 2.35. The van der Waals surface area contributed by atoms with E-state index in [1.165, 1.54) is 0 Å². The Balaban J connectivity index is 2.16. The van der Waals surface area contributed by atoms with Crippen molar-refractivity contribution in [2.45, 2.75) is 35.6 Å². The van der Waals surface area contributed by atoms with Crippen molar-refractivity contribution in [1.29, 1.82) is 0 Å². The summed E-state index contributed by atoms with van der Waals surface area (Å²) in [5.74, 6) is 1.07. The van der Waals surface area contributed by atoms with Gasteiger partial charge in [0.15, 0.2) is 0 Å². The van der Waals surface area contributed by atoms with E-state index < -0.39 is 0 Å². The molecule has 0 aromatic heterocycles. The van der Waals surface area contributed by atoms with Crippen molar-refractivity contribution in [2.24, 2.45) is 5.73 Å². The number of halogens is 2. The smallest absolute Gasteiger partial charge is 0.0455 e. The Morgan fingerprint density at radius 1 is 1.28 bits per heavy atom. The van der Waals surface area contributed by atoms with Crippen LogP contribution in [0.1, 0.15) is 25.5 Å². The standard InChI is InChI=1S/C13H17Cl2NS2/c1-7-8(2)18-12(6-17-7)13(16)10-5-9(14)3-4-11(10)15/h3-5,7-8,12-13H,6,16H2,1-2H3. The van der Waals surface area contributed by atoms with Crippen LogP contribution in [0.15, 0.2) is 18.2 Å². The van der Waals surface area contributed by atoms with Crippen molar-refractivity contribution >= 4 is 46.7 Å². The molecule has 0 radical (unpaired) electrons. The molecule has 1 aliphatic rings. The number of nitrogens with two attached hydrogens (primary N) is 1. The Morgan fingerprint density at radius 3 is 2.67 bits per heavy atom. The van der Waals surface area contributed by atoms with Gasteiger partial charge in [0.2, 0.25) is 0 Å². The highest BCUT2D eigenvalue weighted by atomic mass is 35.5. The fraction of sp³-hybridized carbons (Fsp3) is 0.538. The van der Waals surface area contributed by atoms with Crippen LogP contribution in [-0.4, -0.2) is 21.5 Å². The molecule has 1 aromatic carbocycles. The molecule has 1 saturated heterocycles. The molecule has 100 valence electrons. The fourth-order valence-electron chi connectivity index (χ4n) is 1.97. The lowest BCUT2D eigenvalue weighted by molar-refractivity contribution is 0.708. The van der Waals surface area contributed by atoms with Gasteiger partial charge in [-0.1, -0.05) is 37.0 Å². The van der Waals surface area contributed by atoms with Crippen molar-refractivity contribution in [2.75, 3.05) is 5.75 Å². The zero-order valence-electron chi connectivity index (χ0n) is 10.4. The molecule has 0 spiro atoms. The van der Waals surface area contributed by atoms with Crippen LogP contribution in [0.2, 0.25) is 10.0 Å². The summed E-state index contributed by atoms with van der Waals surface area (Å²) in [6.45, 7) is 4.54. The van der Waals surface area contributed by atoms with Crippen molar-refractivity contribution in [3.8, 4) is 0 Å². The van der Waals surface area contributed by atoms with Gasteiger partial charge in [0.1, 0.15) is 0 Å². The minimum Gasteiger partial charge on any atom is -0.323 e. The lowest BCUT2D eigenvalue weighted by atomic mass is 10.1. The third kappa shape index (κ3) is 3.31. The van der Waals surface area contributed by atoms with Crippen LogP contribution in [-0.2, 0) is 0 Å². The van der Waals surface area contributed by atoms with Gasteiger partial charge in [-0.15, -0.1) is 0 Å². The third-order valence-corrected chi connectivity index (χ3v) is 7.39. The first kappa shape index (κ1) is 14.9. The Labute approximate surface area is 127 Å². The molecule has 5 heteroatoms. The Morgan fingerprint density at radius 2 is 2.00 bits per heavy atom. The molecular formula is C13H17Cl2NS2. The minimum absolute atomic E-state index is 0.0522. The number of benzene rings is 1. The van der Waals surface area contributed by atoms with E-state index >= 15 is 0 Å². The topological polar surface area (TPSA) is 26.0 Å². The van der Waals surface area contributed by atoms with Gasteiger partial charge in [0.25, 0.3) is 0 Å². The number of rotatable bonds is 2. The second-order valence-electron chi connectivity index (χ2n) is 4.61. The molecule has 1 fully saturated rings. The van der Waals surface area contributed by atoms with Gasteiger partial charge in [-0.25, -0.2) is 0 Å². The number of hydrogen-bond acceptors (Lipinski definition) is 3. The van der Waals surface area contributed by atoms with Crippen molar-refractivity contribution in [1.82, 2.24) is 0 Å². The molecular weight excluding hydrogens is 305 g/mol. The maximum Gasteiger partial charge on any atom is 0.0455 e. The molecule has 1 aromatic rings. The Hall–Kier alpha value is 0.460. The average molecular weight is 322 g/mol. The Kier molecular flexibility index (Phi) is 5.18. The summed E-state index contributed by atoms with van der Waals surface area (Å²) in [5.41, 5.74) is 7.33. The van der Waals surface area contributed by atoms with Crippen LogP contribution >= 0.6 is 46.7 Å². The van der Waals surface area contributed by atoms with Gasteiger partial charge in [0.05, 0.1) is 0 Å². The van der Waals surface area contributed by atoms with E-state index in [0.717, 1.165) is 11.3 Å². The van der Waals surface area contributed by atoms with Crippen LogP contribution in [0, 0.1) is 0 Å². The van der Waals surface area contributed by atoms with Gasteiger partial charge in [0, 0.05) is 37.6 Å². The van der Waals surface area contributed by atoms with Gasteiger partial charge < -0.3 is 5.73 Å². The highest BCUT2D eigenvalue weighted by molar-refractivity contribution is 8.07. The summed E-state index contributed by atoms with van der Waals surface area (Å²) in [4.78, 5) is 0. The van der Waals surface area contributed by atoms with Gasteiger partial charge in [-0.2, -0.15) is 23.5 Å².